The number of ketones is 1. The average molecular weight is 771 g/mol. The lowest BCUT2D eigenvalue weighted by Crippen LogP contribution is -2.67. The Kier molecular flexibility index (Phi) is 15.3. The highest BCUT2D eigenvalue weighted by molar-refractivity contribution is 5.99. The van der Waals surface area contributed by atoms with Crippen molar-refractivity contribution < 1.29 is 95.6 Å². The van der Waals surface area contributed by atoms with Crippen LogP contribution in [0.4, 0.5) is 0 Å². The molecule has 0 aliphatic carbocycles. The van der Waals surface area contributed by atoms with Crippen molar-refractivity contribution in [1.29, 1.82) is 0 Å². The van der Waals surface area contributed by atoms with Gasteiger partial charge in [-0.05, 0) is 19.1 Å². The summed E-state index contributed by atoms with van der Waals surface area (Å²) < 4.78 is 62.1. The highest BCUT2D eigenvalue weighted by Gasteiger charge is 2.58. The number of esters is 7. The van der Waals surface area contributed by atoms with Crippen LogP contribution in [-0.4, -0.2) is 127 Å². The lowest BCUT2D eigenvalue weighted by Gasteiger charge is -2.48. The first-order chi connectivity index (χ1) is 25.3. The maximum atomic E-state index is 12.6. The molecule has 2 aliphatic rings. The first-order valence-corrected chi connectivity index (χ1v) is 16.4. The molecule has 0 unspecified atom stereocenters. The highest BCUT2D eigenvalue weighted by Crippen LogP contribution is 2.37. The maximum Gasteiger partial charge on any atom is 0.303 e. The molecule has 2 heterocycles. The lowest BCUT2D eigenvalue weighted by atomic mass is 9.96. The zero-order chi connectivity index (χ0) is 40.4. The number of phenols is 1. The van der Waals surface area contributed by atoms with Gasteiger partial charge in [0.15, 0.2) is 36.5 Å². The standard InChI is InChI=1S/C34H42O20/c1-14(35)26-22(43)10-9-11-23(26)51-33-31(49-20(7)41)30(48-19(6)40)28(25(52-33)13-45-16(3)37)54-34-32(50-21(8)42)29(47-18(5)39)27(46-17(4)38)24(53-34)12-44-15(2)36/h9-11,24-25,27-34,43H,12-13H2,1-8H3/t24-,25-,27-,28-,29+,30+,31-,32-,33-,34+/m1/s1. The summed E-state index contributed by atoms with van der Waals surface area (Å²) in [5.74, 6) is -7.59. The fourth-order valence-electron chi connectivity index (χ4n) is 5.66. The van der Waals surface area contributed by atoms with E-state index < -0.39 is 128 Å². The summed E-state index contributed by atoms with van der Waals surface area (Å²) in [7, 11) is 0. The molecule has 2 aliphatic heterocycles. The Labute approximate surface area is 308 Å². The summed E-state index contributed by atoms with van der Waals surface area (Å²) in [6.45, 7) is 7.09. The topological polar surface area (TPSA) is 258 Å². The minimum atomic E-state index is -1.87. The SMILES string of the molecule is CC(=O)OC[C@H]1O[C@@H](O[C@H]2[C@H](OC(C)=O)[C@@H](OC(C)=O)[C@H](Oc3cccc(O)c3C(C)=O)O[C@@H]2COC(C)=O)[C@H](OC(C)=O)[C@@H](OC(C)=O)[C@@H]1OC(C)=O. The number of hydrogen-bond acceptors (Lipinski definition) is 20. The van der Waals surface area contributed by atoms with Crippen LogP contribution in [0.1, 0.15) is 65.7 Å². The van der Waals surface area contributed by atoms with E-state index in [9.17, 15) is 43.5 Å². The van der Waals surface area contributed by atoms with Crippen LogP contribution in [0.2, 0.25) is 0 Å². The molecule has 0 spiro atoms. The Morgan fingerprint density at radius 1 is 0.537 bits per heavy atom. The molecule has 3 rings (SSSR count). The summed E-state index contributed by atoms with van der Waals surface area (Å²) >= 11 is 0. The zero-order valence-corrected chi connectivity index (χ0v) is 30.6. The molecule has 20 nitrogen and oxygen atoms in total. The molecule has 1 N–H and O–H groups in total. The fraction of sp³-hybridized carbons (Fsp3) is 0.588. The van der Waals surface area contributed by atoms with Crippen molar-refractivity contribution in [3.05, 3.63) is 23.8 Å². The monoisotopic (exact) mass is 770 g/mol. The van der Waals surface area contributed by atoms with Crippen molar-refractivity contribution in [2.24, 2.45) is 0 Å². The summed E-state index contributed by atoms with van der Waals surface area (Å²) in [5, 5.41) is 10.4. The van der Waals surface area contributed by atoms with Gasteiger partial charge in [0.25, 0.3) is 0 Å². The number of aromatic hydroxyl groups is 1. The molecular weight excluding hydrogens is 728 g/mol. The molecule has 1 aromatic rings. The molecule has 0 radical (unpaired) electrons. The summed E-state index contributed by atoms with van der Waals surface area (Å²) in [6.07, 6.45) is -16.8. The predicted molar refractivity (Wildman–Crippen MR) is 172 cm³/mol. The van der Waals surface area contributed by atoms with E-state index in [1.807, 2.05) is 0 Å². The molecule has 0 aromatic heterocycles. The molecule has 298 valence electrons. The summed E-state index contributed by atoms with van der Waals surface area (Å²) in [4.78, 5) is 98.3. The van der Waals surface area contributed by atoms with Gasteiger partial charge in [-0.2, -0.15) is 0 Å². The third kappa shape index (κ3) is 11.8. The largest absolute Gasteiger partial charge is 0.507 e. The first kappa shape index (κ1) is 43.1. The van der Waals surface area contributed by atoms with Crippen LogP contribution in [0.25, 0.3) is 0 Å². The molecule has 54 heavy (non-hydrogen) atoms. The van der Waals surface area contributed by atoms with Crippen LogP contribution in [0.3, 0.4) is 0 Å². The third-order valence-electron chi connectivity index (χ3n) is 7.49. The van der Waals surface area contributed by atoms with E-state index in [1.54, 1.807) is 0 Å². The maximum absolute atomic E-state index is 12.6. The van der Waals surface area contributed by atoms with Gasteiger partial charge in [-0.25, -0.2) is 0 Å². The van der Waals surface area contributed by atoms with Crippen molar-refractivity contribution in [2.45, 2.75) is 117 Å². The van der Waals surface area contributed by atoms with E-state index in [0.717, 1.165) is 55.4 Å². The van der Waals surface area contributed by atoms with E-state index in [2.05, 4.69) is 0 Å². The molecule has 20 heteroatoms. The number of rotatable bonds is 14. The van der Waals surface area contributed by atoms with Gasteiger partial charge in [0.1, 0.15) is 48.6 Å². The molecule has 1 aromatic carbocycles. The van der Waals surface area contributed by atoms with Crippen molar-refractivity contribution in [2.75, 3.05) is 13.2 Å². The van der Waals surface area contributed by atoms with Gasteiger partial charge in [-0.3, -0.25) is 38.4 Å². The van der Waals surface area contributed by atoms with Crippen molar-refractivity contribution >= 4 is 47.6 Å². The number of hydrogen-bond donors (Lipinski definition) is 1. The summed E-state index contributed by atoms with van der Waals surface area (Å²) in [5.41, 5.74) is -0.279. The van der Waals surface area contributed by atoms with E-state index in [-0.39, 0.29) is 11.3 Å². The number of carbonyl (C=O) groups is 8. The molecule has 2 fully saturated rings. The van der Waals surface area contributed by atoms with E-state index in [1.165, 1.54) is 18.2 Å². The van der Waals surface area contributed by atoms with Gasteiger partial charge in [0.2, 0.25) is 12.4 Å². The molecular formula is C34H42O20. The van der Waals surface area contributed by atoms with Gasteiger partial charge < -0.3 is 57.2 Å². The second kappa shape index (κ2) is 19.1. The Balaban J connectivity index is 2.22. The van der Waals surface area contributed by atoms with E-state index >= 15 is 0 Å². The highest BCUT2D eigenvalue weighted by atomic mass is 16.8. The molecule has 0 bridgehead atoms. The first-order valence-electron chi connectivity index (χ1n) is 16.4. The van der Waals surface area contributed by atoms with Crippen molar-refractivity contribution in [3.8, 4) is 11.5 Å². The second-order valence-electron chi connectivity index (χ2n) is 12.0. The minimum Gasteiger partial charge on any atom is -0.507 e. The molecule has 0 saturated carbocycles. The Morgan fingerprint density at radius 2 is 0.944 bits per heavy atom. The minimum absolute atomic E-state index is 0.239. The van der Waals surface area contributed by atoms with Crippen LogP contribution in [0.15, 0.2) is 18.2 Å². The van der Waals surface area contributed by atoms with Crippen LogP contribution >= 0.6 is 0 Å². The van der Waals surface area contributed by atoms with Gasteiger partial charge >= 0.3 is 41.8 Å². The van der Waals surface area contributed by atoms with Crippen LogP contribution in [0, 0.1) is 0 Å². The third-order valence-corrected chi connectivity index (χ3v) is 7.49. The van der Waals surface area contributed by atoms with Crippen molar-refractivity contribution in [3.63, 3.8) is 0 Å². The quantitative estimate of drug-likeness (QED) is 0.154. The summed E-state index contributed by atoms with van der Waals surface area (Å²) in [6, 6.07) is 3.86. The van der Waals surface area contributed by atoms with E-state index in [4.69, 9.17) is 52.1 Å². The zero-order valence-electron chi connectivity index (χ0n) is 30.6. The number of benzene rings is 1. The van der Waals surface area contributed by atoms with Gasteiger partial charge in [0, 0.05) is 48.5 Å². The number of ether oxygens (including phenoxy) is 11. The van der Waals surface area contributed by atoms with Crippen LogP contribution < -0.4 is 4.74 Å². The van der Waals surface area contributed by atoms with Gasteiger partial charge in [-0.1, -0.05) is 6.07 Å². The fourth-order valence-corrected chi connectivity index (χ4v) is 5.66. The Hall–Kier alpha value is -5.34. The normalized spacial score (nSPS) is 27.6. The molecule has 10 atom stereocenters. The number of phenolic OH excluding ortho intramolecular Hbond substituents is 1. The van der Waals surface area contributed by atoms with Crippen molar-refractivity contribution in [1.82, 2.24) is 0 Å². The number of Topliss-reactive ketones (excluding diaryl/α,β-unsaturated/α-hetero) is 1. The molecule has 2 saturated heterocycles. The van der Waals surface area contributed by atoms with Gasteiger partial charge in [-0.15, -0.1) is 0 Å². The second-order valence-corrected chi connectivity index (χ2v) is 12.0. The Bertz CT molecular complexity index is 1590. The molecule has 0 amide bonds. The number of carbonyl (C=O) groups excluding carboxylic acids is 8. The van der Waals surface area contributed by atoms with E-state index in [0.29, 0.717) is 0 Å². The lowest BCUT2D eigenvalue weighted by molar-refractivity contribution is -0.354. The average Bonchev–Trinajstić information content (AvgIpc) is 3.03. The predicted octanol–water partition coefficient (Wildman–Crippen LogP) is 0.593. The van der Waals surface area contributed by atoms with Gasteiger partial charge in [0.05, 0.1) is 0 Å². The smallest absolute Gasteiger partial charge is 0.303 e. The van der Waals surface area contributed by atoms with Crippen LogP contribution in [-0.2, 0) is 80.9 Å². The Morgan fingerprint density at radius 3 is 1.41 bits per heavy atom. The van der Waals surface area contributed by atoms with Crippen LogP contribution in [0.5, 0.6) is 11.5 Å².